The van der Waals surface area contributed by atoms with Crippen molar-refractivity contribution >= 4 is 0 Å². The Morgan fingerprint density at radius 2 is 0.415 bits per heavy atom. The van der Waals surface area contributed by atoms with Crippen LogP contribution in [0.3, 0.4) is 0 Å². The molecule has 574 valence electrons. The van der Waals surface area contributed by atoms with E-state index in [1.807, 2.05) is 165 Å². The molecule has 0 aliphatic rings. The van der Waals surface area contributed by atoms with E-state index >= 15 is 0 Å². The highest BCUT2D eigenvalue weighted by Gasteiger charge is 2.19. The summed E-state index contributed by atoms with van der Waals surface area (Å²) in [5.74, 6) is 7.74. The number of ether oxygens (including phenoxy) is 22. The highest BCUT2D eigenvalue weighted by atomic mass is 16.6. The minimum atomic E-state index is -0.791. The smallest absolute Gasteiger partial charge is 0.123 e. The summed E-state index contributed by atoms with van der Waals surface area (Å²) in [5, 5.41) is 15.0. The zero-order valence-electron chi connectivity index (χ0n) is 62.4. The molecule has 8 rings (SSSR count). The maximum absolute atomic E-state index is 11.5. The maximum atomic E-state index is 11.5. The fourth-order valence-corrected chi connectivity index (χ4v) is 10.5. The summed E-state index contributed by atoms with van der Waals surface area (Å²) in [4.78, 5) is 0. The number of aliphatic hydroxyl groups is 1. The van der Waals surface area contributed by atoms with E-state index in [4.69, 9.17) is 104 Å². The molecule has 0 unspecified atom stereocenters. The number of benzene rings is 8. The summed E-state index contributed by atoms with van der Waals surface area (Å²) >= 11 is 0. The van der Waals surface area contributed by atoms with Crippen molar-refractivity contribution in [3.8, 4) is 80.5 Å². The third-order valence-electron chi connectivity index (χ3n) is 15.7. The molecule has 8 aromatic carbocycles. The molecule has 0 saturated carbocycles. The van der Waals surface area contributed by atoms with Crippen molar-refractivity contribution in [3.63, 3.8) is 0 Å². The molecule has 0 amide bonds. The average Bonchev–Trinajstić information content (AvgIpc) is 0.828. The molecule has 0 spiro atoms. The van der Waals surface area contributed by atoms with Crippen LogP contribution in [0.2, 0.25) is 0 Å². The molecule has 106 heavy (non-hydrogen) atoms. The van der Waals surface area contributed by atoms with Crippen LogP contribution in [0.1, 0.15) is 57.5 Å². The molecular formula is C82H103NO23. The lowest BCUT2D eigenvalue weighted by molar-refractivity contribution is 0.135. The lowest BCUT2D eigenvalue weighted by Crippen LogP contribution is -2.31. The fourth-order valence-electron chi connectivity index (χ4n) is 10.5. The fraction of sp³-hybridized carbons (Fsp3) is 0.415. The van der Waals surface area contributed by atoms with E-state index in [-0.39, 0.29) is 45.7 Å². The molecule has 0 saturated heterocycles. The number of rotatable bonds is 55. The van der Waals surface area contributed by atoms with Gasteiger partial charge in [0.2, 0.25) is 0 Å². The molecule has 24 nitrogen and oxygen atoms in total. The third-order valence-corrected chi connectivity index (χ3v) is 15.7. The number of methoxy groups -OCH3 is 8. The average molecular weight is 1470 g/mol. The van der Waals surface area contributed by atoms with Crippen molar-refractivity contribution < 1.29 is 109 Å². The molecule has 2 N–H and O–H groups in total. The summed E-state index contributed by atoms with van der Waals surface area (Å²) in [6.07, 6.45) is -0.791. The van der Waals surface area contributed by atoms with Crippen LogP contribution < -0.4 is 71.6 Å². The minimum Gasteiger partial charge on any atom is -0.491 e. The molecule has 0 bridgehead atoms. The highest BCUT2D eigenvalue weighted by molar-refractivity contribution is 5.46. The van der Waals surface area contributed by atoms with Gasteiger partial charge in [-0.3, -0.25) is 0 Å². The lowest BCUT2D eigenvalue weighted by Gasteiger charge is -2.21. The van der Waals surface area contributed by atoms with Crippen LogP contribution >= 0.6 is 0 Å². The Kier molecular flexibility index (Phi) is 36.6. The Hall–Kier alpha value is -9.44. The highest BCUT2D eigenvalue weighted by Crippen LogP contribution is 2.34. The summed E-state index contributed by atoms with van der Waals surface area (Å²) < 4.78 is 131. The molecule has 0 heterocycles. The summed E-state index contributed by atoms with van der Waals surface area (Å²) in [6.45, 7) is 8.90. The Morgan fingerprint density at radius 3 is 0.604 bits per heavy atom. The zero-order chi connectivity index (χ0) is 74.8. The molecule has 0 aromatic heterocycles. The van der Waals surface area contributed by atoms with Gasteiger partial charge in [0.05, 0.1) is 59.0 Å². The number of aliphatic hydroxyl groups excluding tert-OH is 1. The van der Waals surface area contributed by atoms with Crippen LogP contribution in [0, 0.1) is 0 Å². The molecule has 0 aliphatic carbocycles. The van der Waals surface area contributed by atoms with Crippen LogP contribution in [0.15, 0.2) is 158 Å². The molecular weight excluding hydrogens is 1370 g/mol. The Balaban J connectivity index is 1.11. The Morgan fingerprint density at radius 1 is 0.236 bits per heavy atom. The molecule has 0 aliphatic heterocycles. The minimum absolute atomic E-state index is 0.0691. The first kappa shape index (κ1) is 82.2. The van der Waals surface area contributed by atoms with E-state index in [2.05, 4.69) is 5.32 Å². The van der Waals surface area contributed by atoms with Gasteiger partial charge in [0.1, 0.15) is 173 Å². The van der Waals surface area contributed by atoms with Crippen molar-refractivity contribution in [1.82, 2.24) is 5.32 Å². The van der Waals surface area contributed by atoms with Gasteiger partial charge in [-0.15, -0.1) is 0 Å². The summed E-state index contributed by atoms with van der Waals surface area (Å²) in [6, 6.07) is 48.7. The molecule has 0 radical (unpaired) electrons. The van der Waals surface area contributed by atoms with Gasteiger partial charge < -0.3 is 115 Å². The van der Waals surface area contributed by atoms with Crippen molar-refractivity contribution in [2.24, 2.45) is 0 Å². The second-order valence-electron chi connectivity index (χ2n) is 24.2. The Labute approximate surface area is 622 Å². The van der Waals surface area contributed by atoms with Crippen molar-refractivity contribution in [2.75, 3.05) is 163 Å². The summed E-state index contributed by atoms with van der Waals surface area (Å²) in [7, 11) is 13.0. The van der Waals surface area contributed by atoms with Gasteiger partial charge in [-0.1, -0.05) is 30.3 Å². The van der Waals surface area contributed by atoms with Crippen LogP contribution in [-0.4, -0.2) is 174 Å². The first-order valence-corrected chi connectivity index (χ1v) is 35.1. The predicted octanol–water partition coefficient (Wildman–Crippen LogP) is 12.6. The van der Waals surface area contributed by atoms with Gasteiger partial charge in [0.25, 0.3) is 0 Å². The molecule has 24 heteroatoms. The van der Waals surface area contributed by atoms with E-state index in [1.165, 1.54) is 0 Å². The van der Waals surface area contributed by atoms with Gasteiger partial charge in [0, 0.05) is 112 Å². The maximum Gasteiger partial charge on any atom is 0.123 e. The van der Waals surface area contributed by atoms with Gasteiger partial charge in [-0.05, 0) is 136 Å². The third kappa shape index (κ3) is 30.2. The van der Waals surface area contributed by atoms with Crippen molar-refractivity contribution in [1.29, 1.82) is 0 Å². The van der Waals surface area contributed by atoms with Crippen LogP contribution in [0.5, 0.6) is 80.5 Å². The second-order valence-corrected chi connectivity index (χ2v) is 24.2. The van der Waals surface area contributed by atoms with E-state index in [0.717, 1.165) is 44.5 Å². The van der Waals surface area contributed by atoms with E-state index < -0.39 is 6.10 Å². The van der Waals surface area contributed by atoms with Gasteiger partial charge in [-0.25, -0.2) is 0 Å². The van der Waals surface area contributed by atoms with Gasteiger partial charge in [-0.2, -0.15) is 0 Å². The number of nitrogens with one attached hydrogen (secondary N) is 1. The first-order chi connectivity index (χ1) is 51.9. The van der Waals surface area contributed by atoms with Crippen LogP contribution in [0.25, 0.3) is 0 Å². The number of hydrogen-bond acceptors (Lipinski definition) is 24. The molecule has 0 fully saturated rings. The topological polar surface area (TPSA) is 235 Å². The van der Waals surface area contributed by atoms with E-state index in [9.17, 15) is 5.11 Å². The summed E-state index contributed by atoms with van der Waals surface area (Å²) in [5.41, 5.74) is 6.22. The van der Waals surface area contributed by atoms with Crippen molar-refractivity contribution in [2.45, 2.75) is 65.3 Å². The quantitative estimate of drug-likeness (QED) is 0.0337. The van der Waals surface area contributed by atoms with Crippen LogP contribution in [0.4, 0.5) is 0 Å². The van der Waals surface area contributed by atoms with Crippen molar-refractivity contribution in [3.05, 3.63) is 202 Å². The second kappa shape index (κ2) is 47.2. The van der Waals surface area contributed by atoms with Crippen LogP contribution in [-0.2, 0) is 84.1 Å². The number of hydrogen-bond donors (Lipinski definition) is 2. The van der Waals surface area contributed by atoms with E-state index in [0.29, 0.717) is 193 Å². The molecule has 8 aromatic rings. The Bertz CT molecular complexity index is 3300. The van der Waals surface area contributed by atoms with E-state index in [1.54, 1.807) is 56.9 Å². The normalized spacial score (nSPS) is 11.7. The SMILES string of the molecule is COCCOc1cc(COc2cc(COc3cc(CN[C@H](C)[C@@H](O)c4ccccc4)cc(OCc4cc(OCc5cc(OCCOC)cc(OCCOC)c5)cc(OCc5cc(OCCOC)cc(OCCOC)c5)c4)c3)cc(OCc3cc(OCCOC)cc(OCCOC)c3)c2)cc(OCCOC)c1. The van der Waals surface area contributed by atoms with Gasteiger partial charge >= 0.3 is 0 Å². The lowest BCUT2D eigenvalue weighted by atomic mass is 10.0. The monoisotopic (exact) mass is 1470 g/mol. The van der Waals surface area contributed by atoms with Gasteiger partial charge in [0.15, 0.2) is 0 Å². The standard InChI is InChI=1S/C82H103NO23/c1-59(82(84)67-13-11-10-12-14-67)83-52-60-31-76(101-57-65-41-78(103-53-61-33-68(93-23-15-85-2)45-69(34-61)94-24-16-86-3)50-79(42-65)104-54-62-35-70(95-25-17-87-4)46-71(36-62)96-26-18-88-5)49-77(32-60)102-58-66-43-80(105-55-63-37-72(97-27-19-89-6)47-73(38-63)98-28-20-90-7)51-81(44-66)106-56-64-39-74(99-29-21-91-8)48-75(40-64)100-30-22-92-9/h10-14,31-51,59,82-84H,15-30,52-58H2,1-9H3/t59-,82-/m1/s1. The zero-order valence-corrected chi connectivity index (χ0v) is 62.4. The molecule has 2 atom stereocenters. The largest absolute Gasteiger partial charge is 0.491 e. The first-order valence-electron chi connectivity index (χ1n) is 35.1. The predicted molar refractivity (Wildman–Crippen MR) is 398 cm³/mol.